The van der Waals surface area contributed by atoms with Gasteiger partial charge in [0.1, 0.15) is 11.6 Å². The van der Waals surface area contributed by atoms with Crippen molar-refractivity contribution in [1.29, 1.82) is 0 Å². The number of hydrogen-bond acceptors (Lipinski definition) is 4. The van der Waals surface area contributed by atoms with Gasteiger partial charge in [0.15, 0.2) is 5.76 Å². The third kappa shape index (κ3) is 3.88. The van der Waals surface area contributed by atoms with Crippen LogP contribution in [0.4, 0.5) is 4.39 Å². The summed E-state index contributed by atoms with van der Waals surface area (Å²) in [6.45, 7) is 2.62. The number of amides is 2. The summed E-state index contributed by atoms with van der Waals surface area (Å²) in [6, 6.07) is 9.46. The molecule has 3 rings (SSSR count). The second kappa shape index (κ2) is 7.48. The minimum Gasteiger partial charge on any atom is -0.451 e. The lowest BCUT2D eigenvalue weighted by Gasteiger charge is -2.33. The van der Waals surface area contributed by atoms with Gasteiger partial charge in [0.25, 0.3) is 5.91 Å². The predicted molar refractivity (Wildman–Crippen MR) is 90.5 cm³/mol. The molecule has 1 aromatic carbocycles. The number of nitrogens with one attached hydrogen (secondary N) is 1. The largest absolute Gasteiger partial charge is 0.451 e. The average Bonchev–Trinajstić information content (AvgIpc) is 3.12. The van der Waals surface area contributed by atoms with Gasteiger partial charge in [-0.2, -0.15) is 0 Å². The lowest BCUT2D eigenvalue weighted by molar-refractivity contribution is -0.122. The first kappa shape index (κ1) is 17.2. The summed E-state index contributed by atoms with van der Waals surface area (Å²) in [5, 5.41) is 2.59. The smallest absolute Gasteiger partial charge is 0.289 e. The summed E-state index contributed by atoms with van der Waals surface area (Å²) in [5.41, 5.74) is 0.331. The van der Waals surface area contributed by atoms with Gasteiger partial charge in [-0.15, -0.1) is 0 Å². The fraction of sp³-hybridized carbons (Fsp3) is 0.333. The Morgan fingerprint density at radius 1 is 1.12 bits per heavy atom. The van der Waals surface area contributed by atoms with Gasteiger partial charge in [-0.3, -0.25) is 14.5 Å². The Balaban J connectivity index is 1.63. The van der Waals surface area contributed by atoms with Gasteiger partial charge in [0, 0.05) is 33.2 Å². The highest BCUT2D eigenvalue weighted by Gasteiger charge is 2.25. The zero-order chi connectivity index (χ0) is 17.8. The lowest BCUT2D eigenvalue weighted by atomic mass is 10.1. The third-order valence-electron chi connectivity index (χ3n) is 4.26. The fourth-order valence-electron chi connectivity index (χ4n) is 2.81. The molecule has 6 nitrogen and oxygen atoms in total. The molecular weight excluding hydrogens is 325 g/mol. The van der Waals surface area contributed by atoms with E-state index >= 15 is 0 Å². The molecule has 7 heteroatoms. The van der Waals surface area contributed by atoms with Crippen molar-refractivity contribution in [2.24, 2.45) is 0 Å². The van der Waals surface area contributed by atoms with Crippen molar-refractivity contribution in [3.63, 3.8) is 0 Å². The van der Waals surface area contributed by atoms with E-state index in [1.807, 2.05) is 4.90 Å². The highest BCUT2D eigenvalue weighted by atomic mass is 19.1. The molecule has 0 spiro atoms. The monoisotopic (exact) mass is 345 g/mol. The first-order chi connectivity index (χ1) is 12.1. The number of piperazine rings is 1. The van der Waals surface area contributed by atoms with Gasteiger partial charge in [0.2, 0.25) is 5.91 Å². The van der Waals surface area contributed by atoms with Gasteiger partial charge in [-0.05, 0) is 24.3 Å². The molecule has 0 aliphatic carbocycles. The highest BCUT2D eigenvalue weighted by molar-refractivity contribution is 5.92. The van der Waals surface area contributed by atoms with Crippen LogP contribution in [0.2, 0.25) is 0 Å². The van der Waals surface area contributed by atoms with Gasteiger partial charge < -0.3 is 14.6 Å². The molecule has 132 valence electrons. The lowest BCUT2D eigenvalue weighted by Crippen LogP contribution is -2.50. The van der Waals surface area contributed by atoms with E-state index in [0.29, 0.717) is 44.0 Å². The van der Waals surface area contributed by atoms with Crippen molar-refractivity contribution >= 4 is 11.8 Å². The van der Waals surface area contributed by atoms with Crippen LogP contribution in [-0.2, 0) is 4.79 Å². The molecule has 0 bridgehead atoms. The van der Waals surface area contributed by atoms with Crippen molar-refractivity contribution in [3.8, 4) is 11.3 Å². The van der Waals surface area contributed by atoms with Gasteiger partial charge in [-0.25, -0.2) is 4.39 Å². The molecule has 1 aliphatic heterocycles. The van der Waals surface area contributed by atoms with Gasteiger partial charge in [-0.1, -0.05) is 12.1 Å². The number of likely N-dealkylation sites (N-methyl/N-ethyl adjacent to an activating group) is 1. The molecule has 2 amide bonds. The van der Waals surface area contributed by atoms with E-state index in [-0.39, 0.29) is 17.6 Å². The summed E-state index contributed by atoms with van der Waals surface area (Å²) in [4.78, 5) is 27.6. The molecular formula is C18H20FN3O3. The molecule has 1 N–H and O–H groups in total. The molecule has 1 fully saturated rings. The predicted octanol–water partition coefficient (Wildman–Crippen LogP) is 1.59. The normalized spacial score (nSPS) is 15.2. The number of rotatable bonds is 4. The van der Waals surface area contributed by atoms with Crippen LogP contribution in [0.5, 0.6) is 0 Å². The van der Waals surface area contributed by atoms with Crippen LogP contribution in [0.25, 0.3) is 11.3 Å². The topological polar surface area (TPSA) is 65.8 Å². The van der Waals surface area contributed by atoms with Gasteiger partial charge >= 0.3 is 0 Å². The quantitative estimate of drug-likeness (QED) is 0.914. The van der Waals surface area contributed by atoms with E-state index in [4.69, 9.17) is 4.42 Å². The maximum absolute atomic E-state index is 13.8. The molecule has 1 aromatic heterocycles. The standard InChI is InChI=1S/C18H20FN3O3/c1-20-17(23)12-21-8-10-22(11-9-21)18(24)16-7-6-15(25-16)13-4-2-3-5-14(13)19/h2-7H,8-12H2,1H3,(H,20,23). The van der Waals surface area contributed by atoms with Crippen LogP contribution < -0.4 is 5.32 Å². The van der Waals surface area contributed by atoms with Crippen LogP contribution in [0, 0.1) is 5.82 Å². The molecule has 2 heterocycles. The fourth-order valence-corrected chi connectivity index (χ4v) is 2.81. The first-order valence-electron chi connectivity index (χ1n) is 8.15. The number of furan rings is 1. The molecule has 1 aliphatic rings. The summed E-state index contributed by atoms with van der Waals surface area (Å²) >= 11 is 0. The first-order valence-corrected chi connectivity index (χ1v) is 8.15. The molecule has 0 atom stereocenters. The second-order valence-electron chi connectivity index (χ2n) is 5.89. The Bertz CT molecular complexity index is 766. The number of hydrogen-bond donors (Lipinski definition) is 1. The minimum absolute atomic E-state index is 0.0414. The van der Waals surface area contributed by atoms with E-state index in [1.54, 1.807) is 42.3 Å². The summed E-state index contributed by atoms with van der Waals surface area (Å²) in [5.74, 6) is -0.126. The number of nitrogens with zero attached hydrogens (tertiary/aromatic N) is 2. The number of halogens is 1. The SMILES string of the molecule is CNC(=O)CN1CCN(C(=O)c2ccc(-c3ccccc3F)o2)CC1. The van der Waals surface area contributed by atoms with Crippen LogP contribution >= 0.6 is 0 Å². The Morgan fingerprint density at radius 2 is 1.84 bits per heavy atom. The van der Waals surface area contributed by atoms with Crippen LogP contribution in [0.1, 0.15) is 10.6 Å². The van der Waals surface area contributed by atoms with E-state index in [2.05, 4.69) is 5.32 Å². The van der Waals surface area contributed by atoms with Crippen LogP contribution in [-0.4, -0.2) is 61.4 Å². The minimum atomic E-state index is -0.390. The molecule has 1 saturated heterocycles. The molecule has 0 saturated carbocycles. The van der Waals surface area contributed by atoms with E-state index in [1.165, 1.54) is 6.07 Å². The van der Waals surface area contributed by atoms with Crippen LogP contribution in [0.15, 0.2) is 40.8 Å². The third-order valence-corrected chi connectivity index (χ3v) is 4.26. The Hall–Kier alpha value is -2.67. The van der Waals surface area contributed by atoms with Crippen molar-refractivity contribution in [1.82, 2.24) is 15.1 Å². The average molecular weight is 345 g/mol. The van der Waals surface area contributed by atoms with E-state index < -0.39 is 5.82 Å². The van der Waals surface area contributed by atoms with Gasteiger partial charge in [0.05, 0.1) is 12.1 Å². The number of carbonyl (C=O) groups excluding carboxylic acids is 2. The van der Waals surface area contributed by atoms with Crippen molar-refractivity contribution in [2.45, 2.75) is 0 Å². The number of carbonyl (C=O) groups is 2. The molecule has 0 unspecified atom stereocenters. The van der Waals surface area contributed by atoms with Crippen molar-refractivity contribution in [2.75, 3.05) is 39.8 Å². The molecule has 0 radical (unpaired) electrons. The Morgan fingerprint density at radius 3 is 2.52 bits per heavy atom. The summed E-state index contributed by atoms with van der Waals surface area (Å²) < 4.78 is 19.4. The Kier molecular flexibility index (Phi) is 5.14. The maximum atomic E-state index is 13.8. The maximum Gasteiger partial charge on any atom is 0.289 e. The van der Waals surface area contributed by atoms with E-state index in [9.17, 15) is 14.0 Å². The van der Waals surface area contributed by atoms with Crippen molar-refractivity contribution in [3.05, 3.63) is 48.0 Å². The Labute approximate surface area is 145 Å². The molecule has 2 aromatic rings. The number of benzene rings is 1. The summed E-state index contributed by atoms with van der Waals surface area (Å²) in [7, 11) is 1.60. The highest BCUT2D eigenvalue weighted by Crippen LogP contribution is 2.25. The van der Waals surface area contributed by atoms with Crippen LogP contribution in [0.3, 0.4) is 0 Å². The molecule has 25 heavy (non-hydrogen) atoms. The zero-order valence-electron chi connectivity index (χ0n) is 14.0. The second-order valence-corrected chi connectivity index (χ2v) is 5.89. The zero-order valence-corrected chi connectivity index (χ0v) is 14.0. The van der Waals surface area contributed by atoms with E-state index in [0.717, 1.165) is 0 Å². The summed E-state index contributed by atoms with van der Waals surface area (Å²) in [6.07, 6.45) is 0. The van der Waals surface area contributed by atoms with Crippen molar-refractivity contribution < 1.29 is 18.4 Å².